The van der Waals surface area contributed by atoms with Crippen molar-refractivity contribution in [3.05, 3.63) is 111 Å². The number of rotatable bonds is 11. The largest absolute Gasteiger partial charge is 0.507 e. The molecule has 0 bridgehead atoms. The van der Waals surface area contributed by atoms with E-state index >= 15 is 0 Å². The lowest BCUT2D eigenvalue weighted by Gasteiger charge is -2.34. The molecule has 11 heteroatoms. The molecule has 40 heavy (non-hydrogen) atoms. The zero-order chi connectivity index (χ0) is 29.2. The molecule has 3 aromatic rings. The maximum absolute atomic E-state index is 14.6. The molecule has 0 radical (unpaired) electrons. The van der Waals surface area contributed by atoms with E-state index in [2.05, 4.69) is 10.4 Å². The lowest BCUT2D eigenvalue weighted by molar-refractivity contribution is -0.485. The zero-order valence-electron chi connectivity index (χ0n) is 22.5. The van der Waals surface area contributed by atoms with Crippen LogP contribution in [0.2, 0.25) is 0 Å². The summed E-state index contributed by atoms with van der Waals surface area (Å²) in [4.78, 5) is 40.3. The number of phenols is 1. The molecule has 210 valence electrons. The molecule has 11 nitrogen and oxygen atoms in total. The molecule has 0 saturated heterocycles. The van der Waals surface area contributed by atoms with E-state index < -0.39 is 28.9 Å². The predicted octanol–water partition coefficient (Wildman–Crippen LogP) is 2.90. The number of nitro groups is 1. The van der Waals surface area contributed by atoms with Crippen LogP contribution < -0.4 is 16.8 Å². The second kappa shape index (κ2) is 13.9. The highest BCUT2D eigenvalue weighted by Crippen LogP contribution is 2.30. The summed E-state index contributed by atoms with van der Waals surface area (Å²) >= 11 is 0. The highest BCUT2D eigenvalue weighted by molar-refractivity contribution is 6.00. The number of amides is 2. The van der Waals surface area contributed by atoms with Crippen molar-refractivity contribution in [2.24, 2.45) is 16.6 Å². The third-order valence-corrected chi connectivity index (χ3v) is 6.50. The first-order valence-corrected chi connectivity index (χ1v) is 12.8. The van der Waals surface area contributed by atoms with Gasteiger partial charge in [-0.25, -0.2) is 10.1 Å². The SMILES string of the molecule is Cc1cc(CN(C(=O)C(c2ccccc2)c2ccccc2)[C@@H](CCCN)C(=O)NC(N)=N[N+](=O)[O-])cc(C)c1O. The van der Waals surface area contributed by atoms with Gasteiger partial charge in [-0.1, -0.05) is 72.8 Å². The molecule has 0 unspecified atom stereocenters. The molecule has 2 amide bonds. The van der Waals surface area contributed by atoms with Gasteiger partial charge >= 0.3 is 0 Å². The average Bonchev–Trinajstić information content (AvgIpc) is 2.92. The Kier molecular flexibility index (Phi) is 10.3. The lowest BCUT2D eigenvalue weighted by atomic mass is 9.89. The van der Waals surface area contributed by atoms with Crippen LogP contribution in [0.5, 0.6) is 5.75 Å². The number of aromatic hydroxyl groups is 1. The number of phenolic OH excluding ortho intramolecular Hbond substituents is 1. The molecule has 3 rings (SSSR count). The van der Waals surface area contributed by atoms with Crippen LogP contribution in [0.1, 0.15) is 46.6 Å². The normalized spacial score (nSPS) is 12.2. The van der Waals surface area contributed by atoms with Crippen LogP contribution in [0.25, 0.3) is 0 Å². The minimum Gasteiger partial charge on any atom is -0.507 e. The zero-order valence-corrected chi connectivity index (χ0v) is 22.5. The van der Waals surface area contributed by atoms with Crippen LogP contribution in [0.3, 0.4) is 0 Å². The Hall–Kier alpha value is -4.77. The van der Waals surface area contributed by atoms with Crippen molar-refractivity contribution in [1.29, 1.82) is 0 Å². The van der Waals surface area contributed by atoms with Gasteiger partial charge in [-0.05, 0) is 61.1 Å². The molecule has 0 heterocycles. The summed E-state index contributed by atoms with van der Waals surface area (Å²) in [5, 5.41) is 25.3. The number of nitrogens with one attached hydrogen (secondary N) is 1. The Bertz CT molecular complexity index is 1300. The quantitative estimate of drug-likeness (QED) is 0.124. The van der Waals surface area contributed by atoms with Gasteiger partial charge in [-0.3, -0.25) is 14.9 Å². The Morgan fingerprint density at radius 1 is 1.02 bits per heavy atom. The van der Waals surface area contributed by atoms with Crippen molar-refractivity contribution < 1.29 is 19.7 Å². The summed E-state index contributed by atoms with van der Waals surface area (Å²) in [6.45, 7) is 3.78. The molecule has 0 aliphatic carbocycles. The van der Waals surface area contributed by atoms with E-state index in [1.165, 1.54) is 4.90 Å². The maximum Gasteiger partial charge on any atom is 0.272 e. The summed E-state index contributed by atoms with van der Waals surface area (Å²) in [6, 6.07) is 20.9. The number of guanidine groups is 1. The molecule has 1 atom stereocenters. The molecule has 0 saturated carbocycles. The number of hydrogen-bond donors (Lipinski definition) is 4. The van der Waals surface area contributed by atoms with Gasteiger partial charge in [0.1, 0.15) is 16.9 Å². The lowest BCUT2D eigenvalue weighted by Crippen LogP contribution is -2.53. The number of hydrazone groups is 1. The average molecular weight is 547 g/mol. The Labute approximate surface area is 232 Å². The third kappa shape index (κ3) is 7.64. The minimum absolute atomic E-state index is 0.0197. The monoisotopic (exact) mass is 546 g/mol. The van der Waals surface area contributed by atoms with Crippen LogP contribution in [0.15, 0.2) is 77.9 Å². The maximum atomic E-state index is 14.6. The molecule has 0 aliphatic heterocycles. The van der Waals surface area contributed by atoms with Crippen LogP contribution in [-0.2, 0) is 16.1 Å². The summed E-state index contributed by atoms with van der Waals surface area (Å²) < 4.78 is 0. The van der Waals surface area contributed by atoms with E-state index in [1.54, 1.807) is 26.0 Å². The van der Waals surface area contributed by atoms with Crippen LogP contribution in [0, 0.1) is 24.0 Å². The van der Waals surface area contributed by atoms with E-state index in [-0.39, 0.29) is 31.2 Å². The second-order valence-corrected chi connectivity index (χ2v) is 9.46. The van der Waals surface area contributed by atoms with E-state index in [9.17, 15) is 24.8 Å². The third-order valence-electron chi connectivity index (χ3n) is 6.50. The van der Waals surface area contributed by atoms with Crippen molar-refractivity contribution in [3.8, 4) is 5.75 Å². The van der Waals surface area contributed by atoms with Gasteiger partial charge < -0.3 is 21.5 Å². The number of benzene rings is 3. The van der Waals surface area contributed by atoms with Gasteiger partial charge in [0.05, 0.1) is 5.92 Å². The number of carbonyl (C=O) groups is 2. The van der Waals surface area contributed by atoms with Crippen molar-refractivity contribution in [2.75, 3.05) is 6.54 Å². The van der Waals surface area contributed by atoms with E-state index in [1.807, 2.05) is 60.7 Å². The Morgan fingerprint density at radius 3 is 2.02 bits per heavy atom. The summed E-state index contributed by atoms with van der Waals surface area (Å²) in [6.07, 6.45) is 0.565. The predicted molar refractivity (Wildman–Crippen MR) is 152 cm³/mol. The Morgan fingerprint density at radius 2 is 1.55 bits per heavy atom. The van der Waals surface area contributed by atoms with Crippen molar-refractivity contribution in [1.82, 2.24) is 10.2 Å². The number of aryl methyl sites for hydroxylation is 2. The minimum atomic E-state index is -1.08. The van der Waals surface area contributed by atoms with E-state index in [4.69, 9.17) is 11.5 Å². The molecule has 0 fully saturated rings. The van der Waals surface area contributed by atoms with Gasteiger partial charge in [-0.15, -0.1) is 0 Å². The number of nitrogens with zero attached hydrogens (tertiary/aromatic N) is 3. The number of nitrogens with two attached hydrogens (primary N) is 2. The molecular weight excluding hydrogens is 512 g/mol. The molecule has 0 aromatic heterocycles. The van der Waals surface area contributed by atoms with Crippen molar-refractivity contribution in [2.45, 2.75) is 45.2 Å². The highest BCUT2D eigenvalue weighted by Gasteiger charge is 2.35. The summed E-state index contributed by atoms with van der Waals surface area (Å²) in [7, 11) is 0. The first kappa shape index (κ1) is 29.8. The number of carbonyl (C=O) groups excluding carboxylic acids is 2. The molecule has 0 spiro atoms. The standard InChI is InChI=1S/C29H34N6O5/c1-19-16-21(17-20(2)26(19)36)18-34(24(14-9-15-30)27(37)32-29(31)33-35(39)40)28(38)25(22-10-5-3-6-11-22)23-12-7-4-8-13-23/h3-8,10-13,16-17,24-25,36H,9,14-15,18,30H2,1-2H3,(H3,31,32,33,37)/t24-/m0/s1. The van der Waals surface area contributed by atoms with Crippen LogP contribution in [-0.4, -0.2) is 45.4 Å². The van der Waals surface area contributed by atoms with Crippen LogP contribution >= 0.6 is 0 Å². The first-order valence-electron chi connectivity index (χ1n) is 12.8. The summed E-state index contributed by atoms with van der Waals surface area (Å²) in [5.41, 5.74) is 14.8. The topological polar surface area (TPSA) is 177 Å². The van der Waals surface area contributed by atoms with Gasteiger partial charge in [0, 0.05) is 6.54 Å². The molecule has 0 aliphatic rings. The van der Waals surface area contributed by atoms with Gasteiger partial charge in [0.2, 0.25) is 11.8 Å². The Balaban J connectivity index is 2.15. The highest BCUT2D eigenvalue weighted by atomic mass is 16.7. The van der Waals surface area contributed by atoms with Crippen molar-refractivity contribution in [3.63, 3.8) is 0 Å². The van der Waals surface area contributed by atoms with Gasteiger partial charge in [0.15, 0.2) is 5.03 Å². The van der Waals surface area contributed by atoms with Crippen molar-refractivity contribution >= 4 is 17.8 Å². The fraction of sp³-hybridized carbons (Fsp3) is 0.276. The van der Waals surface area contributed by atoms with E-state index in [0.29, 0.717) is 23.1 Å². The van der Waals surface area contributed by atoms with E-state index in [0.717, 1.165) is 11.1 Å². The van der Waals surface area contributed by atoms with Gasteiger partial charge in [0.25, 0.3) is 5.96 Å². The van der Waals surface area contributed by atoms with Crippen LogP contribution in [0.4, 0.5) is 0 Å². The second-order valence-electron chi connectivity index (χ2n) is 9.46. The fourth-order valence-corrected chi connectivity index (χ4v) is 4.67. The fourth-order valence-electron chi connectivity index (χ4n) is 4.67. The molecule has 6 N–H and O–H groups in total. The summed E-state index contributed by atoms with van der Waals surface area (Å²) in [5.74, 6) is -2.38. The molecular formula is C29H34N6O5. The smallest absolute Gasteiger partial charge is 0.272 e. The number of hydrogen-bond acceptors (Lipinski definition) is 6. The first-order chi connectivity index (χ1) is 19.1. The van der Waals surface area contributed by atoms with Gasteiger partial charge in [-0.2, -0.15) is 0 Å². The molecule has 3 aromatic carbocycles.